The molecule has 1 nitrogen and oxygen atoms in total. The first-order valence-electron chi connectivity index (χ1n) is 4.45. The summed E-state index contributed by atoms with van der Waals surface area (Å²) in [5.41, 5.74) is -3.99. The summed E-state index contributed by atoms with van der Waals surface area (Å²) in [4.78, 5) is 0. The van der Waals surface area contributed by atoms with Crippen LogP contribution in [0.15, 0.2) is 43.0 Å². The smallest absolute Gasteiger partial charge is 0.384 e. The van der Waals surface area contributed by atoms with Gasteiger partial charge < -0.3 is 5.11 Å². The molecule has 1 aromatic carbocycles. The zero-order valence-electron chi connectivity index (χ0n) is 8.21. The minimum Gasteiger partial charge on any atom is -0.384 e. The summed E-state index contributed by atoms with van der Waals surface area (Å²) in [5, 5.41) is 9.41. The molecule has 0 heterocycles. The SMILES string of the molecule is C=C[C@@](F)([C@H](O)c1ccccc1)C(F)(F)F. The maximum Gasteiger partial charge on any atom is 0.429 e. The highest BCUT2D eigenvalue weighted by Crippen LogP contribution is 2.43. The fraction of sp³-hybridized carbons (Fsp3) is 0.273. The number of hydrogen-bond donors (Lipinski definition) is 1. The number of rotatable bonds is 3. The van der Waals surface area contributed by atoms with Gasteiger partial charge in [0, 0.05) is 0 Å². The quantitative estimate of drug-likeness (QED) is 0.629. The van der Waals surface area contributed by atoms with Crippen LogP contribution in [0.5, 0.6) is 0 Å². The Balaban J connectivity index is 3.12. The van der Waals surface area contributed by atoms with Gasteiger partial charge in [0.15, 0.2) is 0 Å². The molecule has 2 atom stereocenters. The van der Waals surface area contributed by atoms with E-state index in [4.69, 9.17) is 0 Å². The number of halogens is 4. The molecule has 0 radical (unpaired) electrons. The predicted octanol–water partition coefficient (Wildman–Crippen LogP) is 3.18. The highest BCUT2D eigenvalue weighted by molar-refractivity contribution is 5.24. The second kappa shape index (κ2) is 4.25. The summed E-state index contributed by atoms with van der Waals surface area (Å²) >= 11 is 0. The molecule has 0 aliphatic rings. The van der Waals surface area contributed by atoms with Crippen molar-refractivity contribution in [2.75, 3.05) is 0 Å². The first kappa shape index (κ1) is 12.7. The summed E-state index contributed by atoms with van der Waals surface area (Å²) in [6.45, 7) is 2.79. The van der Waals surface area contributed by atoms with E-state index >= 15 is 0 Å². The molecule has 0 fully saturated rings. The summed E-state index contributed by atoms with van der Waals surface area (Å²) in [6, 6.07) is 6.82. The topological polar surface area (TPSA) is 20.2 Å². The molecule has 1 aromatic rings. The molecule has 0 saturated carbocycles. The molecule has 5 heteroatoms. The van der Waals surface area contributed by atoms with E-state index in [0.717, 1.165) is 0 Å². The molecule has 0 unspecified atom stereocenters. The highest BCUT2D eigenvalue weighted by Gasteiger charge is 2.59. The molecule has 0 aliphatic heterocycles. The third-order valence-electron chi connectivity index (χ3n) is 2.24. The fourth-order valence-corrected chi connectivity index (χ4v) is 1.26. The Morgan fingerprint density at radius 3 is 2.00 bits per heavy atom. The van der Waals surface area contributed by atoms with E-state index < -0.39 is 17.9 Å². The highest BCUT2D eigenvalue weighted by atomic mass is 19.4. The Kier molecular flexibility index (Phi) is 3.38. The van der Waals surface area contributed by atoms with Crippen molar-refractivity contribution in [3.8, 4) is 0 Å². The molecule has 0 amide bonds. The van der Waals surface area contributed by atoms with Gasteiger partial charge >= 0.3 is 6.18 Å². The van der Waals surface area contributed by atoms with Crippen LogP contribution in [0, 0.1) is 0 Å². The third-order valence-corrected chi connectivity index (χ3v) is 2.24. The van der Waals surface area contributed by atoms with Gasteiger partial charge in [-0.1, -0.05) is 36.9 Å². The molecule has 88 valence electrons. The first-order chi connectivity index (χ1) is 7.33. The molecule has 0 saturated heterocycles. The van der Waals surface area contributed by atoms with Crippen LogP contribution < -0.4 is 0 Å². The number of benzene rings is 1. The van der Waals surface area contributed by atoms with Crippen LogP contribution >= 0.6 is 0 Å². The van der Waals surface area contributed by atoms with Crippen LogP contribution in [0.25, 0.3) is 0 Å². The van der Waals surface area contributed by atoms with E-state index in [0.29, 0.717) is 0 Å². The van der Waals surface area contributed by atoms with Crippen molar-refractivity contribution in [3.63, 3.8) is 0 Å². The van der Waals surface area contributed by atoms with E-state index in [1.807, 2.05) is 0 Å². The Hall–Kier alpha value is -1.36. The molecule has 0 spiro atoms. The Bertz CT molecular complexity index is 360. The van der Waals surface area contributed by atoms with Crippen molar-refractivity contribution >= 4 is 0 Å². The standard InChI is InChI=1S/C11H10F4O/c1-2-10(12,11(13,14)15)9(16)8-6-4-3-5-7-8/h2-7,9,16H,1H2/t9-,10-/m1/s1. The van der Waals surface area contributed by atoms with Crippen LogP contribution in [0.4, 0.5) is 17.6 Å². The van der Waals surface area contributed by atoms with Crippen molar-refractivity contribution in [1.82, 2.24) is 0 Å². The lowest BCUT2D eigenvalue weighted by Gasteiger charge is -2.29. The van der Waals surface area contributed by atoms with E-state index in [9.17, 15) is 22.7 Å². The van der Waals surface area contributed by atoms with Crippen molar-refractivity contribution in [1.29, 1.82) is 0 Å². The van der Waals surface area contributed by atoms with Gasteiger partial charge in [-0.15, -0.1) is 0 Å². The van der Waals surface area contributed by atoms with E-state index in [1.165, 1.54) is 24.3 Å². The zero-order valence-corrected chi connectivity index (χ0v) is 8.21. The van der Waals surface area contributed by atoms with E-state index in [2.05, 4.69) is 6.58 Å². The summed E-state index contributed by atoms with van der Waals surface area (Å²) in [6.07, 6.45) is -7.44. The van der Waals surface area contributed by atoms with Crippen molar-refractivity contribution in [2.45, 2.75) is 17.9 Å². The maximum atomic E-state index is 13.6. The lowest BCUT2D eigenvalue weighted by Crippen LogP contribution is -2.44. The van der Waals surface area contributed by atoms with Gasteiger partial charge in [-0.25, -0.2) is 4.39 Å². The minimum absolute atomic E-state index is 0.0741. The molecule has 1 rings (SSSR count). The third kappa shape index (κ3) is 2.09. The lowest BCUT2D eigenvalue weighted by molar-refractivity contribution is -0.241. The Labute approximate surface area is 90.0 Å². The van der Waals surface area contributed by atoms with Crippen LogP contribution in [-0.2, 0) is 0 Å². The van der Waals surface area contributed by atoms with Gasteiger partial charge in [0.05, 0.1) is 0 Å². The predicted molar refractivity (Wildman–Crippen MR) is 51.5 cm³/mol. The number of alkyl halides is 4. The normalized spacial score (nSPS) is 17.6. The Morgan fingerprint density at radius 1 is 1.12 bits per heavy atom. The molecule has 0 bridgehead atoms. The second-order valence-corrected chi connectivity index (χ2v) is 3.28. The molecule has 0 aromatic heterocycles. The number of hydrogen-bond acceptors (Lipinski definition) is 1. The Morgan fingerprint density at radius 2 is 1.62 bits per heavy atom. The van der Waals surface area contributed by atoms with Crippen molar-refractivity contribution < 1.29 is 22.7 Å². The monoisotopic (exact) mass is 234 g/mol. The van der Waals surface area contributed by atoms with Gasteiger partial charge in [0.2, 0.25) is 0 Å². The molecular weight excluding hydrogens is 224 g/mol. The van der Waals surface area contributed by atoms with Crippen LogP contribution in [0.3, 0.4) is 0 Å². The van der Waals surface area contributed by atoms with Crippen LogP contribution in [-0.4, -0.2) is 17.0 Å². The largest absolute Gasteiger partial charge is 0.429 e. The van der Waals surface area contributed by atoms with Gasteiger partial charge in [-0.2, -0.15) is 13.2 Å². The molecule has 1 N–H and O–H groups in total. The summed E-state index contributed by atoms with van der Waals surface area (Å²) < 4.78 is 50.9. The molecular formula is C11H10F4O. The summed E-state index contributed by atoms with van der Waals surface area (Å²) in [5.74, 6) is 0. The minimum atomic E-state index is -5.20. The number of aliphatic hydroxyl groups is 1. The summed E-state index contributed by atoms with van der Waals surface area (Å²) in [7, 11) is 0. The van der Waals surface area contributed by atoms with E-state index in [1.54, 1.807) is 6.07 Å². The van der Waals surface area contributed by atoms with E-state index in [-0.39, 0.29) is 11.6 Å². The van der Waals surface area contributed by atoms with Crippen LogP contribution in [0.1, 0.15) is 11.7 Å². The maximum absolute atomic E-state index is 13.6. The average Bonchev–Trinajstić information content (AvgIpc) is 2.26. The lowest BCUT2D eigenvalue weighted by atomic mass is 9.92. The fourth-order valence-electron chi connectivity index (χ4n) is 1.26. The first-order valence-corrected chi connectivity index (χ1v) is 4.45. The van der Waals surface area contributed by atoms with Gasteiger partial charge in [-0.3, -0.25) is 0 Å². The number of aliphatic hydroxyl groups excluding tert-OH is 1. The van der Waals surface area contributed by atoms with Crippen molar-refractivity contribution in [2.24, 2.45) is 0 Å². The molecule has 0 aliphatic carbocycles. The zero-order chi connectivity index (χ0) is 12.4. The second-order valence-electron chi connectivity index (χ2n) is 3.28. The van der Waals surface area contributed by atoms with Crippen molar-refractivity contribution in [3.05, 3.63) is 48.6 Å². The van der Waals surface area contributed by atoms with Gasteiger partial charge in [0.25, 0.3) is 5.67 Å². The van der Waals surface area contributed by atoms with Gasteiger partial charge in [-0.05, 0) is 11.6 Å². The average molecular weight is 234 g/mol. The van der Waals surface area contributed by atoms with Crippen LogP contribution in [0.2, 0.25) is 0 Å². The van der Waals surface area contributed by atoms with Gasteiger partial charge in [0.1, 0.15) is 6.10 Å². The molecule has 16 heavy (non-hydrogen) atoms.